The number of hydrogen-bond donors (Lipinski definition) is 1. The minimum absolute atomic E-state index is 0.0309. The number of nitrogens with one attached hydrogen (secondary N) is 1. The molecule has 5 nitrogen and oxygen atoms in total. The summed E-state index contributed by atoms with van der Waals surface area (Å²) in [6.45, 7) is 3.21. The van der Waals surface area contributed by atoms with Crippen LogP contribution in [0, 0.1) is 6.92 Å². The summed E-state index contributed by atoms with van der Waals surface area (Å²) >= 11 is 5.14. The van der Waals surface area contributed by atoms with E-state index < -0.39 is 0 Å². The third-order valence-electron chi connectivity index (χ3n) is 6.53. The Morgan fingerprint density at radius 2 is 1.77 bits per heavy atom. The summed E-state index contributed by atoms with van der Waals surface area (Å²) in [4.78, 5) is 32.0. The van der Waals surface area contributed by atoms with E-state index in [0.29, 0.717) is 18.8 Å². The summed E-state index contributed by atoms with van der Waals surface area (Å²) in [7, 11) is 0. The maximum Gasteiger partial charge on any atom is 0.322 e. The smallest absolute Gasteiger partial charge is 0.322 e. The highest BCUT2D eigenvalue weighted by molar-refractivity contribution is 9.10. The fraction of sp³-hybridized carbons (Fsp3) is 0.357. The molecular formula is C28H32BrN3O2S. The van der Waals surface area contributed by atoms with Gasteiger partial charge in [0.05, 0.1) is 6.54 Å². The largest absolute Gasteiger partial charge is 0.332 e. The van der Waals surface area contributed by atoms with Crippen molar-refractivity contribution in [3.05, 3.63) is 86.5 Å². The summed E-state index contributed by atoms with van der Waals surface area (Å²) in [6.07, 6.45) is 5.22. The lowest BCUT2D eigenvalue weighted by molar-refractivity contribution is -0.133. The van der Waals surface area contributed by atoms with Gasteiger partial charge in [-0.05, 0) is 60.5 Å². The molecule has 0 aliphatic heterocycles. The fourth-order valence-electron chi connectivity index (χ4n) is 4.54. The number of hydrogen-bond acceptors (Lipinski definition) is 3. The van der Waals surface area contributed by atoms with Gasteiger partial charge in [0.25, 0.3) is 0 Å². The topological polar surface area (TPSA) is 52.7 Å². The van der Waals surface area contributed by atoms with Crippen molar-refractivity contribution in [2.75, 3.05) is 11.9 Å². The molecule has 1 aliphatic rings. The molecule has 3 aromatic rings. The third kappa shape index (κ3) is 7.18. The standard InChI is InChI=1S/C28H32BrN3O2S/c1-21-15-16-35-26(21)19-31(18-22-9-4-2-5-10-22)27(33)20-32(25-13-6-3-7-14-25)28(34)30-24-12-8-11-23(29)17-24/h2,4-5,8-12,15-17,25H,3,6-7,13-14,18-20H2,1H3,(H,30,34). The second-order valence-electron chi connectivity index (χ2n) is 9.12. The van der Waals surface area contributed by atoms with Gasteiger partial charge in [0, 0.05) is 27.6 Å². The quantitative estimate of drug-likeness (QED) is 0.320. The van der Waals surface area contributed by atoms with Gasteiger partial charge in [-0.15, -0.1) is 11.3 Å². The summed E-state index contributed by atoms with van der Waals surface area (Å²) in [6, 6.07) is 19.6. The first-order chi connectivity index (χ1) is 17.0. The fourth-order valence-corrected chi connectivity index (χ4v) is 5.86. The monoisotopic (exact) mass is 553 g/mol. The van der Waals surface area contributed by atoms with Crippen LogP contribution in [0.2, 0.25) is 0 Å². The number of benzene rings is 2. The maximum absolute atomic E-state index is 13.8. The molecular weight excluding hydrogens is 522 g/mol. The van der Waals surface area contributed by atoms with E-state index >= 15 is 0 Å². The van der Waals surface area contributed by atoms with Gasteiger partial charge in [-0.2, -0.15) is 0 Å². The van der Waals surface area contributed by atoms with Crippen molar-refractivity contribution in [2.24, 2.45) is 0 Å². The Labute approximate surface area is 220 Å². The minimum atomic E-state index is -0.213. The van der Waals surface area contributed by atoms with Crippen molar-refractivity contribution in [3.8, 4) is 0 Å². The van der Waals surface area contributed by atoms with Crippen molar-refractivity contribution in [1.29, 1.82) is 0 Å². The van der Waals surface area contributed by atoms with Crippen molar-refractivity contribution in [1.82, 2.24) is 9.80 Å². The molecule has 1 aliphatic carbocycles. The van der Waals surface area contributed by atoms with E-state index in [1.54, 1.807) is 16.2 Å². The van der Waals surface area contributed by atoms with Crippen molar-refractivity contribution in [2.45, 2.75) is 58.2 Å². The highest BCUT2D eigenvalue weighted by atomic mass is 79.9. The summed E-state index contributed by atoms with van der Waals surface area (Å²) < 4.78 is 0.899. The molecule has 4 rings (SSSR count). The molecule has 1 heterocycles. The van der Waals surface area contributed by atoms with Crippen LogP contribution in [0.4, 0.5) is 10.5 Å². The molecule has 1 aromatic heterocycles. The van der Waals surface area contributed by atoms with Gasteiger partial charge in [0.2, 0.25) is 5.91 Å². The lowest BCUT2D eigenvalue weighted by Crippen LogP contribution is -2.49. The number of amides is 3. The first-order valence-electron chi connectivity index (χ1n) is 12.2. The number of urea groups is 1. The molecule has 0 bridgehead atoms. The van der Waals surface area contributed by atoms with Crippen LogP contribution in [0.15, 0.2) is 70.5 Å². The van der Waals surface area contributed by atoms with E-state index in [-0.39, 0.29) is 24.5 Å². The Morgan fingerprint density at radius 1 is 1.00 bits per heavy atom. The molecule has 184 valence electrons. The second-order valence-corrected chi connectivity index (χ2v) is 11.0. The summed E-state index contributed by atoms with van der Waals surface area (Å²) in [5, 5.41) is 5.08. The number of nitrogens with zero attached hydrogens (tertiary/aromatic N) is 2. The zero-order valence-electron chi connectivity index (χ0n) is 20.1. The second kappa shape index (κ2) is 12.4. The van der Waals surface area contributed by atoms with Crippen LogP contribution < -0.4 is 5.32 Å². The molecule has 0 spiro atoms. The molecule has 1 fully saturated rings. The van der Waals surface area contributed by atoms with Crippen molar-refractivity contribution >= 4 is 44.9 Å². The molecule has 3 amide bonds. The zero-order chi connectivity index (χ0) is 24.6. The number of carbonyl (C=O) groups excluding carboxylic acids is 2. The normalized spacial score (nSPS) is 13.9. The summed E-state index contributed by atoms with van der Waals surface area (Å²) in [5.41, 5.74) is 2.99. The number of rotatable bonds is 8. The van der Waals surface area contributed by atoms with Gasteiger partial charge >= 0.3 is 6.03 Å². The molecule has 0 saturated heterocycles. The zero-order valence-corrected chi connectivity index (χ0v) is 22.5. The van der Waals surface area contributed by atoms with E-state index in [1.165, 1.54) is 16.9 Å². The molecule has 1 N–H and O–H groups in total. The Balaban J connectivity index is 1.54. The lowest BCUT2D eigenvalue weighted by Gasteiger charge is -2.35. The first-order valence-corrected chi connectivity index (χ1v) is 13.8. The van der Waals surface area contributed by atoms with E-state index in [9.17, 15) is 9.59 Å². The highest BCUT2D eigenvalue weighted by Gasteiger charge is 2.29. The van der Waals surface area contributed by atoms with E-state index in [2.05, 4.69) is 39.6 Å². The predicted octanol–water partition coefficient (Wildman–Crippen LogP) is 7.21. The third-order valence-corrected chi connectivity index (χ3v) is 8.03. The van der Waals surface area contributed by atoms with Gasteiger partial charge in [-0.1, -0.05) is 71.6 Å². The van der Waals surface area contributed by atoms with Gasteiger partial charge in [-0.3, -0.25) is 4.79 Å². The predicted molar refractivity (Wildman–Crippen MR) is 146 cm³/mol. The van der Waals surface area contributed by atoms with Gasteiger partial charge in [-0.25, -0.2) is 4.79 Å². The molecule has 0 radical (unpaired) electrons. The average molecular weight is 555 g/mol. The van der Waals surface area contributed by atoms with Crippen LogP contribution in [-0.4, -0.2) is 34.3 Å². The lowest BCUT2D eigenvalue weighted by atomic mass is 9.94. The molecule has 1 saturated carbocycles. The van der Waals surface area contributed by atoms with Crippen LogP contribution in [0.1, 0.15) is 48.1 Å². The number of carbonyl (C=O) groups is 2. The molecule has 2 aromatic carbocycles. The molecule has 7 heteroatoms. The van der Waals surface area contributed by atoms with Crippen molar-refractivity contribution in [3.63, 3.8) is 0 Å². The van der Waals surface area contributed by atoms with Crippen LogP contribution in [0.25, 0.3) is 0 Å². The minimum Gasteiger partial charge on any atom is -0.332 e. The van der Waals surface area contributed by atoms with Gasteiger partial charge in [0.1, 0.15) is 6.54 Å². The first kappa shape index (κ1) is 25.5. The van der Waals surface area contributed by atoms with E-state index in [4.69, 9.17) is 0 Å². The Morgan fingerprint density at radius 3 is 2.46 bits per heavy atom. The number of halogens is 1. The Bertz CT molecular complexity index is 1130. The molecule has 0 unspecified atom stereocenters. The average Bonchev–Trinajstić information content (AvgIpc) is 3.27. The molecule has 35 heavy (non-hydrogen) atoms. The number of aryl methyl sites for hydroxylation is 1. The van der Waals surface area contributed by atoms with Crippen LogP contribution in [0.5, 0.6) is 0 Å². The van der Waals surface area contributed by atoms with Crippen LogP contribution >= 0.6 is 27.3 Å². The SMILES string of the molecule is Cc1ccsc1CN(Cc1ccccc1)C(=O)CN(C(=O)Nc1cccc(Br)c1)C1CCCCC1. The Hall–Kier alpha value is -2.64. The van der Waals surface area contributed by atoms with Gasteiger partial charge in [0.15, 0.2) is 0 Å². The van der Waals surface area contributed by atoms with Crippen LogP contribution in [-0.2, 0) is 17.9 Å². The summed E-state index contributed by atoms with van der Waals surface area (Å²) in [5.74, 6) is -0.0309. The number of anilines is 1. The van der Waals surface area contributed by atoms with E-state index in [1.807, 2.05) is 59.5 Å². The van der Waals surface area contributed by atoms with Crippen LogP contribution in [0.3, 0.4) is 0 Å². The Kier molecular flexibility index (Phi) is 8.99. The maximum atomic E-state index is 13.8. The number of thiophene rings is 1. The highest BCUT2D eigenvalue weighted by Crippen LogP contribution is 2.25. The molecule has 0 atom stereocenters. The van der Waals surface area contributed by atoms with Crippen molar-refractivity contribution < 1.29 is 9.59 Å². The van der Waals surface area contributed by atoms with Gasteiger partial charge < -0.3 is 15.1 Å². The van der Waals surface area contributed by atoms with E-state index in [0.717, 1.165) is 35.7 Å².